The van der Waals surface area contributed by atoms with Gasteiger partial charge in [-0.25, -0.2) is 18.1 Å². The van der Waals surface area contributed by atoms with Gasteiger partial charge in [-0.1, -0.05) is 79.6 Å². The van der Waals surface area contributed by atoms with Gasteiger partial charge in [-0.15, -0.1) is 0 Å². The molecule has 0 aliphatic rings. The SMILES string of the molecule is CCCCS(=O)(=O)NC(=O)C=Cc1c(Cl)nc(CC)n1Cc1ccc(C#Cc2ccccc2)cc1Cl. The van der Waals surface area contributed by atoms with Gasteiger partial charge in [-0.05, 0) is 42.3 Å². The first-order valence-electron chi connectivity index (χ1n) is 11.5. The van der Waals surface area contributed by atoms with Gasteiger partial charge in [-0.2, -0.15) is 0 Å². The minimum Gasteiger partial charge on any atom is -0.323 e. The van der Waals surface area contributed by atoms with E-state index in [2.05, 4.69) is 16.8 Å². The molecule has 3 rings (SSSR count). The number of amides is 1. The zero-order valence-electron chi connectivity index (χ0n) is 20.1. The number of carbonyl (C=O) groups is 1. The monoisotopic (exact) mass is 543 g/mol. The average Bonchev–Trinajstić information content (AvgIpc) is 3.16. The molecule has 0 spiro atoms. The van der Waals surface area contributed by atoms with Crippen molar-refractivity contribution >= 4 is 45.2 Å². The Morgan fingerprint density at radius 1 is 1.08 bits per heavy atom. The van der Waals surface area contributed by atoms with E-state index in [0.717, 1.165) is 22.8 Å². The molecule has 0 atom stereocenters. The van der Waals surface area contributed by atoms with Crippen LogP contribution < -0.4 is 4.72 Å². The molecular formula is C27H27Cl2N3O3S. The second kappa shape index (κ2) is 12.8. The number of imidazole rings is 1. The second-order valence-corrected chi connectivity index (χ2v) is 10.6. The molecule has 0 unspecified atom stereocenters. The minimum absolute atomic E-state index is 0.105. The topological polar surface area (TPSA) is 81.1 Å². The molecule has 9 heteroatoms. The van der Waals surface area contributed by atoms with Crippen LogP contribution in [-0.2, 0) is 27.8 Å². The first kappa shape index (κ1) is 27.5. The summed E-state index contributed by atoms with van der Waals surface area (Å²) >= 11 is 12.9. The summed E-state index contributed by atoms with van der Waals surface area (Å²) in [6.45, 7) is 4.19. The Morgan fingerprint density at radius 2 is 1.81 bits per heavy atom. The number of aromatic nitrogens is 2. The van der Waals surface area contributed by atoms with Crippen molar-refractivity contribution in [2.24, 2.45) is 0 Å². The van der Waals surface area contributed by atoms with Crippen molar-refractivity contribution in [2.45, 2.75) is 39.7 Å². The summed E-state index contributed by atoms with van der Waals surface area (Å²) in [5.74, 6) is 6.09. The molecule has 0 radical (unpaired) electrons. The number of rotatable bonds is 9. The Balaban J connectivity index is 1.81. The summed E-state index contributed by atoms with van der Waals surface area (Å²) in [6, 6.07) is 15.3. The van der Waals surface area contributed by atoms with Gasteiger partial charge in [0.05, 0.1) is 18.0 Å². The van der Waals surface area contributed by atoms with Crippen molar-refractivity contribution in [1.29, 1.82) is 0 Å². The van der Waals surface area contributed by atoms with Gasteiger partial charge in [0.1, 0.15) is 5.82 Å². The summed E-state index contributed by atoms with van der Waals surface area (Å²) in [6.07, 6.45) is 4.40. The second-order valence-electron chi connectivity index (χ2n) is 8.04. The molecule has 3 aromatic rings. The molecule has 1 heterocycles. The zero-order valence-corrected chi connectivity index (χ0v) is 22.4. The third-order valence-corrected chi connectivity index (χ3v) is 7.25. The lowest BCUT2D eigenvalue weighted by molar-refractivity contribution is -0.114. The molecule has 6 nitrogen and oxygen atoms in total. The number of nitrogens with zero attached hydrogens (tertiary/aromatic N) is 2. The number of nitrogens with one attached hydrogen (secondary N) is 1. The summed E-state index contributed by atoms with van der Waals surface area (Å²) in [5, 5.41) is 0.752. The van der Waals surface area contributed by atoms with Gasteiger partial charge in [0.15, 0.2) is 5.15 Å². The Morgan fingerprint density at radius 3 is 2.47 bits per heavy atom. The quantitative estimate of drug-likeness (QED) is 0.287. The summed E-state index contributed by atoms with van der Waals surface area (Å²) in [4.78, 5) is 16.6. The van der Waals surface area contributed by atoms with Gasteiger partial charge < -0.3 is 4.57 Å². The predicted octanol–water partition coefficient (Wildman–Crippen LogP) is 5.46. The smallest absolute Gasteiger partial charge is 0.257 e. The maximum absolute atomic E-state index is 12.2. The fraction of sp³-hybridized carbons (Fsp3) is 0.259. The van der Waals surface area contributed by atoms with Crippen LogP contribution in [0.4, 0.5) is 0 Å². The van der Waals surface area contributed by atoms with Crippen molar-refractivity contribution < 1.29 is 13.2 Å². The van der Waals surface area contributed by atoms with Gasteiger partial charge >= 0.3 is 0 Å². The van der Waals surface area contributed by atoms with Gasteiger partial charge in [-0.3, -0.25) is 4.79 Å². The number of aryl methyl sites for hydroxylation is 1. The van der Waals surface area contributed by atoms with Crippen LogP contribution in [0.2, 0.25) is 10.2 Å². The third-order valence-electron chi connectivity index (χ3n) is 5.28. The maximum atomic E-state index is 12.2. The number of halogens is 2. The fourth-order valence-electron chi connectivity index (χ4n) is 3.40. The lowest BCUT2D eigenvalue weighted by atomic mass is 10.1. The van der Waals surface area contributed by atoms with Crippen LogP contribution in [0.3, 0.4) is 0 Å². The van der Waals surface area contributed by atoms with E-state index in [0.29, 0.717) is 42.3 Å². The van der Waals surface area contributed by atoms with E-state index < -0.39 is 15.9 Å². The van der Waals surface area contributed by atoms with E-state index in [1.54, 1.807) is 6.07 Å². The van der Waals surface area contributed by atoms with Gasteiger partial charge in [0.2, 0.25) is 10.0 Å². The lowest BCUT2D eigenvalue weighted by Crippen LogP contribution is -2.31. The van der Waals surface area contributed by atoms with Gasteiger partial charge in [0.25, 0.3) is 5.91 Å². The van der Waals surface area contributed by atoms with Crippen LogP contribution in [0.5, 0.6) is 0 Å². The highest BCUT2D eigenvalue weighted by atomic mass is 35.5. The Kier molecular flexibility index (Phi) is 9.77. The molecule has 0 bridgehead atoms. The molecule has 1 aromatic heterocycles. The van der Waals surface area contributed by atoms with E-state index in [-0.39, 0.29) is 10.9 Å². The molecule has 0 saturated heterocycles. The third kappa shape index (κ3) is 7.72. The van der Waals surface area contributed by atoms with E-state index in [9.17, 15) is 13.2 Å². The van der Waals surface area contributed by atoms with Crippen LogP contribution >= 0.6 is 23.2 Å². The molecule has 0 aliphatic heterocycles. The van der Waals surface area contributed by atoms with E-state index >= 15 is 0 Å². The van der Waals surface area contributed by atoms with Crippen molar-refractivity contribution in [3.63, 3.8) is 0 Å². The van der Waals surface area contributed by atoms with Crippen molar-refractivity contribution in [1.82, 2.24) is 14.3 Å². The van der Waals surface area contributed by atoms with Crippen LogP contribution in [0, 0.1) is 11.8 Å². The number of benzene rings is 2. The summed E-state index contributed by atoms with van der Waals surface area (Å²) in [7, 11) is -3.68. The molecular weight excluding hydrogens is 517 g/mol. The number of sulfonamides is 1. The Labute approximate surface area is 222 Å². The van der Waals surface area contributed by atoms with E-state index in [4.69, 9.17) is 23.2 Å². The van der Waals surface area contributed by atoms with Crippen molar-refractivity contribution in [3.05, 3.63) is 93.0 Å². The Bertz CT molecular complexity index is 1420. The number of hydrogen-bond acceptors (Lipinski definition) is 4. The first-order valence-corrected chi connectivity index (χ1v) is 14.0. The molecule has 1 N–H and O–H groups in total. The first-order chi connectivity index (χ1) is 17.2. The maximum Gasteiger partial charge on any atom is 0.257 e. The summed E-state index contributed by atoms with van der Waals surface area (Å²) in [5.41, 5.74) is 3.01. The molecule has 188 valence electrons. The highest BCUT2D eigenvalue weighted by Crippen LogP contribution is 2.25. The van der Waals surface area contributed by atoms with Crippen molar-refractivity contribution in [2.75, 3.05) is 5.75 Å². The normalized spacial score (nSPS) is 11.3. The lowest BCUT2D eigenvalue weighted by Gasteiger charge is -2.11. The zero-order chi connectivity index (χ0) is 26.1. The Hall–Kier alpha value is -3.05. The number of hydrogen-bond donors (Lipinski definition) is 1. The number of unbranched alkanes of at least 4 members (excludes halogenated alkanes) is 1. The van der Waals surface area contributed by atoms with Crippen LogP contribution in [0.1, 0.15) is 54.9 Å². The largest absolute Gasteiger partial charge is 0.323 e. The van der Waals surface area contributed by atoms with Crippen molar-refractivity contribution in [3.8, 4) is 11.8 Å². The van der Waals surface area contributed by atoms with Crippen LogP contribution in [-0.4, -0.2) is 29.6 Å². The summed E-state index contributed by atoms with van der Waals surface area (Å²) < 4.78 is 27.9. The average molecular weight is 545 g/mol. The minimum atomic E-state index is -3.68. The van der Waals surface area contributed by atoms with Crippen LogP contribution in [0.15, 0.2) is 54.6 Å². The number of carbonyl (C=O) groups excluding carboxylic acids is 1. The predicted molar refractivity (Wildman–Crippen MR) is 145 cm³/mol. The molecule has 0 aliphatic carbocycles. The highest BCUT2D eigenvalue weighted by Gasteiger charge is 2.16. The molecule has 0 saturated carbocycles. The fourth-order valence-corrected chi connectivity index (χ4v) is 5.05. The molecule has 0 fully saturated rings. The molecule has 36 heavy (non-hydrogen) atoms. The van der Waals surface area contributed by atoms with E-state index in [1.807, 2.05) is 65.6 Å². The molecule has 1 amide bonds. The molecule has 2 aromatic carbocycles. The van der Waals surface area contributed by atoms with E-state index in [1.165, 1.54) is 6.08 Å². The highest BCUT2D eigenvalue weighted by molar-refractivity contribution is 7.90. The van der Waals surface area contributed by atoms with Gasteiger partial charge in [0, 0.05) is 28.6 Å². The standard InChI is InChI=1S/C27H27Cl2N3O3S/c1-3-5-17-36(34,35)31-26(33)16-15-24-27(29)30-25(4-2)32(24)19-22-14-13-21(18-23(22)28)12-11-20-9-7-6-8-10-20/h6-10,13-16,18H,3-5,17,19H2,1-2H3,(H,31,33). The van der Waals surface area contributed by atoms with Crippen LogP contribution in [0.25, 0.3) is 6.08 Å².